The monoisotopic (exact) mass is 300 g/mol. The summed E-state index contributed by atoms with van der Waals surface area (Å²) in [5.74, 6) is 1.00. The van der Waals surface area contributed by atoms with E-state index >= 15 is 0 Å². The van der Waals surface area contributed by atoms with Crippen LogP contribution in [0.15, 0.2) is 18.2 Å². The maximum Gasteiger partial charge on any atom is 0.317 e. The molecule has 4 rings (SSSR count). The van der Waals surface area contributed by atoms with E-state index in [2.05, 4.69) is 30.4 Å². The minimum absolute atomic E-state index is 0.00830. The number of amides is 2. The predicted octanol–water partition coefficient (Wildman–Crippen LogP) is 2.98. The number of nitrogens with zero attached hydrogens (tertiary/aromatic N) is 1. The Morgan fingerprint density at radius 2 is 2.18 bits per heavy atom. The van der Waals surface area contributed by atoms with Crippen molar-refractivity contribution in [3.63, 3.8) is 0 Å². The van der Waals surface area contributed by atoms with Gasteiger partial charge in [-0.15, -0.1) is 0 Å². The predicted molar refractivity (Wildman–Crippen MR) is 85.3 cm³/mol. The summed E-state index contributed by atoms with van der Waals surface area (Å²) in [6.45, 7) is 4.43. The highest BCUT2D eigenvalue weighted by molar-refractivity contribution is 5.75. The fourth-order valence-corrected chi connectivity index (χ4v) is 4.20. The van der Waals surface area contributed by atoms with E-state index in [0.29, 0.717) is 12.6 Å². The number of carbonyl (C=O) groups is 1. The Morgan fingerprint density at radius 3 is 3.00 bits per heavy atom. The van der Waals surface area contributed by atoms with E-state index in [0.717, 1.165) is 38.1 Å². The second kappa shape index (κ2) is 5.18. The number of carbonyl (C=O) groups excluding carboxylic acids is 1. The van der Waals surface area contributed by atoms with Crippen LogP contribution in [0.2, 0.25) is 0 Å². The number of urea groups is 1. The average molecular weight is 300 g/mol. The minimum Gasteiger partial charge on any atom is -0.492 e. The number of likely N-dealkylation sites (tertiary alicyclic amines) is 1. The molecule has 0 unspecified atom stereocenters. The minimum atomic E-state index is 0.00830. The molecule has 2 heterocycles. The Hall–Kier alpha value is -1.71. The van der Waals surface area contributed by atoms with Gasteiger partial charge in [0.1, 0.15) is 5.75 Å². The van der Waals surface area contributed by atoms with Crippen molar-refractivity contribution in [2.24, 2.45) is 0 Å². The number of hydrogen-bond donors (Lipinski definition) is 1. The number of rotatable bonds is 1. The van der Waals surface area contributed by atoms with E-state index in [9.17, 15) is 4.79 Å². The van der Waals surface area contributed by atoms with E-state index in [1.165, 1.54) is 24.0 Å². The molecule has 118 valence electrons. The smallest absolute Gasteiger partial charge is 0.317 e. The van der Waals surface area contributed by atoms with Gasteiger partial charge in [0.15, 0.2) is 0 Å². The van der Waals surface area contributed by atoms with Gasteiger partial charge < -0.3 is 15.0 Å². The fraction of sp³-hybridized carbons (Fsp3) is 0.611. The molecule has 4 heteroatoms. The number of hydrogen-bond acceptors (Lipinski definition) is 2. The van der Waals surface area contributed by atoms with E-state index in [1.54, 1.807) is 0 Å². The Balaban J connectivity index is 1.49. The third-order valence-corrected chi connectivity index (χ3v) is 5.53. The molecule has 1 saturated carbocycles. The van der Waals surface area contributed by atoms with Crippen LogP contribution in [0.25, 0.3) is 0 Å². The Morgan fingerprint density at radius 1 is 1.36 bits per heavy atom. The summed E-state index contributed by atoms with van der Waals surface area (Å²) < 4.78 is 5.89. The summed E-state index contributed by atoms with van der Waals surface area (Å²) in [5.41, 5.74) is 2.56. The van der Waals surface area contributed by atoms with Crippen molar-refractivity contribution in [1.82, 2.24) is 10.2 Å². The standard InChI is InChI=1S/C18H24N2O2/c1-13-6-7-16-15(10-13)18(12-22-16)8-9-20(11-18)17(21)19-14-4-2-3-5-14/h6-7,10,14H,2-5,8-9,11-12H2,1H3,(H,19,21)/t18-/m0/s1. The van der Waals surface area contributed by atoms with Gasteiger partial charge in [-0.2, -0.15) is 0 Å². The zero-order chi connectivity index (χ0) is 15.2. The number of fused-ring (bicyclic) bond motifs is 2. The maximum absolute atomic E-state index is 12.5. The van der Waals surface area contributed by atoms with Gasteiger partial charge in [0.05, 0.1) is 12.0 Å². The SMILES string of the molecule is Cc1ccc2c(c1)[C@]1(CCN(C(=O)NC3CCCC3)C1)CO2. The summed E-state index contributed by atoms with van der Waals surface area (Å²) in [4.78, 5) is 14.5. The molecule has 1 spiro atoms. The molecule has 2 aliphatic heterocycles. The zero-order valence-corrected chi connectivity index (χ0v) is 13.2. The van der Waals surface area contributed by atoms with Gasteiger partial charge in [-0.3, -0.25) is 0 Å². The zero-order valence-electron chi connectivity index (χ0n) is 13.2. The molecule has 4 nitrogen and oxygen atoms in total. The topological polar surface area (TPSA) is 41.6 Å². The molecule has 0 radical (unpaired) electrons. The van der Waals surface area contributed by atoms with E-state index < -0.39 is 0 Å². The first-order chi connectivity index (χ1) is 10.7. The molecule has 1 N–H and O–H groups in total. The molecule has 22 heavy (non-hydrogen) atoms. The van der Waals surface area contributed by atoms with Crippen LogP contribution in [0, 0.1) is 6.92 Å². The molecule has 1 saturated heterocycles. The highest BCUT2D eigenvalue weighted by Gasteiger charge is 2.47. The van der Waals surface area contributed by atoms with Gasteiger partial charge in [-0.05, 0) is 32.3 Å². The third kappa shape index (κ3) is 2.25. The molecular weight excluding hydrogens is 276 g/mol. The molecule has 1 aliphatic carbocycles. The first-order valence-corrected chi connectivity index (χ1v) is 8.46. The van der Waals surface area contributed by atoms with Crippen molar-refractivity contribution >= 4 is 6.03 Å². The van der Waals surface area contributed by atoms with Crippen molar-refractivity contribution < 1.29 is 9.53 Å². The van der Waals surface area contributed by atoms with E-state index in [4.69, 9.17) is 4.74 Å². The lowest BCUT2D eigenvalue weighted by atomic mass is 9.81. The second-order valence-electron chi connectivity index (χ2n) is 7.17. The number of benzene rings is 1. The second-order valence-corrected chi connectivity index (χ2v) is 7.17. The van der Waals surface area contributed by atoms with Gasteiger partial charge in [-0.1, -0.05) is 30.5 Å². The lowest BCUT2D eigenvalue weighted by molar-refractivity contribution is 0.198. The first kappa shape index (κ1) is 13.9. The number of nitrogens with one attached hydrogen (secondary N) is 1. The van der Waals surface area contributed by atoms with Gasteiger partial charge in [-0.25, -0.2) is 4.79 Å². The first-order valence-electron chi connectivity index (χ1n) is 8.46. The summed E-state index contributed by atoms with van der Waals surface area (Å²) in [5, 5.41) is 3.21. The fourth-order valence-electron chi connectivity index (χ4n) is 4.20. The summed E-state index contributed by atoms with van der Waals surface area (Å²) in [6.07, 6.45) is 5.76. The lowest BCUT2D eigenvalue weighted by Gasteiger charge is -2.24. The van der Waals surface area contributed by atoms with Crippen molar-refractivity contribution in [2.75, 3.05) is 19.7 Å². The summed E-state index contributed by atoms with van der Waals surface area (Å²) >= 11 is 0. The largest absolute Gasteiger partial charge is 0.492 e. The van der Waals surface area contributed by atoms with Crippen LogP contribution < -0.4 is 10.1 Å². The normalized spacial score (nSPS) is 27.2. The maximum atomic E-state index is 12.5. The van der Waals surface area contributed by atoms with Gasteiger partial charge in [0, 0.05) is 24.7 Å². The van der Waals surface area contributed by atoms with Crippen LogP contribution in [0.5, 0.6) is 5.75 Å². The van der Waals surface area contributed by atoms with Crippen LogP contribution in [-0.2, 0) is 5.41 Å². The molecule has 0 bridgehead atoms. The van der Waals surface area contributed by atoms with Crippen LogP contribution in [0.3, 0.4) is 0 Å². The van der Waals surface area contributed by atoms with Crippen molar-refractivity contribution in [2.45, 2.75) is 50.5 Å². The van der Waals surface area contributed by atoms with E-state index in [1.807, 2.05) is 4.90 Å². The molecule has 1 aromatic carbocycles. The van der Waals surface area contributed by atoms with Gasteiger partial charge in [0.25, 0.3) is 0 Å². The van der Waals surface area contributed by atoms with Crippen LogP contribution >= 0.6 is 0 Å². The summed E-state index contributed by atoms with van der Waals surface area (Å²) in [6, 6.07) is 6.90. The number of aryl methyl sites for hydroxylation is 1. The molecule has 2 amide bonds. The van der Waals surface area contributed by atoms with Gasteiger partial charge >= 0.3 is 6.03 Å². The Kier molecular flexibility index (Phi) is 3.28. The highest BCUT2D eigenvalue weighted by atomic mass is 16.5. The van der Waals surface area contributed by atoms with Crippen molar-refractivity contribution in [3.8, 4) is 5.75 Å². The average Bonchev–Trinajstić information content (AvgIpc) is 3.22. The molecule has 1 atom stereocenters. The van der Waals surface area contributed by atoms with Gasteiger partial charge in [0.2, 0.25) is 0 Å². The van der Waals surface area contributed by atoms with Crippen LogP contribution in [0.4, 0.5) is 4.79 Å². The molecule has 0 aromatic heterocycles. The number of ether oxygens (including phenoxy) is 1. The third-order valence-electron chi connectivity index (χ3n) is 5.53. The van der Waals surface area contributed by atoms with Crippen LogP contribution in [-0.4, -0.2) is 36.7 Å². The highest BCUT2D eigenvalue weighted by Crippen LogP contribution is 2.45. The molecular formula is C18H24N2O2. The Bertz CT molecular complexity index is 595. The van der Waals surface area contributed by atoms with Crippen molar-refractivity contribution in [1.29, 1.82) is 0 Å². The van der Waals surface area contributed by atoms with Crippen molar-refractivity contribution in [3.05, 3.63) is 29.3 Å². The quantitative estimate of drug-likeness (QED) is 0.866. The molecule has 2 fully saturated rings. The van der Waals surface area contributed by atoms with E-state index in [-0.39, 0.29) is 11.4 Å². The lowest BCUT2D eigenvalue weighted by Crippen LogP contribution is -2.44. The van der Waals surface area contributed by atoms with Crippen LogP contribution in [0.1, 0.15) is 43.2 Å². The molecule has 1 aromatic rings. The summed E-state index contributed by atoms with van der Waals surface area (Å²) in [7, 11) is 0. The Labute approximate surface area is 131 Å². The molecule has 3 aliphatic rings.